The van der Waals surface area contributed by atoms with Gasteiger partial charge in [-0.15, -0.1) is 0 Å². The summed E-state index contributed by atoms with van der Waals surface area (Å²) in [6, 6.07) is 9.13. The Bertz CT molecular complexity index is 406. The quantitative estimate of drug-likeness (QED) is 0.882. The number of ether oxygens (including phenoxy) is 1. The van der Waals surface area contributed by atoms with Crippen molar-refractivity contribution >= 4 is 0 Å². The fourth-order valence-electron chi connectivity index (χ4n) is 3.80. The molecule has 2 saturated carbocycles. The molecule has 1 aromatic carbocycles. The lowest BCUT2D eigenvalue weighted by molar-refractivity contribution is -0.0736. The van der Waals surface area contributed by atoms with Crippen LogP contribution in [0.5, 0.6) is 5.75 Å². The van der Waals surface area contributed by atoms with Gasteiger partial charge in [-0.1, -0.05) is 30.5 Å². The molecule has 1 spiro atoms. The smallest absolute Gasteiger partial charge is 0.119 e. The summed E-state index contributed by atoms with van der Waals surface area (Å²) in [6.07, 6.45) is 6.96. The monoisotopic (exact) mass is 245 g/mol. The topological polar surface area (TPSA) is 21.3 Å². The molecule has 18 heavy (non-hydrogen) atoms. The first kappa shape index (κ1) is 12.0. The summed E-state index contributed by atoms with van der Waals surface area (Å²) in [7, 11) is 2.09. The first-order chi connectivity index (χ1) is 8.74. The van der Waals surface area contributed by atoms with E-state index in [2.05, 4.69) is 43.6 Å². The third-order valence-corrected chi connectivity index (χ3v) is 4.97. The first-order valence-corrected chi connectivity index (χ1v) is 7.15. The van der Waals surface area contributed by atoms with Crippen molar-refractivity contribution in [1.29, 1.82) is 0 Å². The molecule has 2 unspecified atom stereocenters. The van der Waals surface area contributed by atoms with Gasteiger partial charge in [-0.25, -0.2) is 0 Å². The predicted molar refractivity (Wildman–Crippen MR) is 74.0 cm³/mol. The molecule has 0 radical (unpaired) electrons. The molecule has 0 heterocycles. The van der Waals surface area contributed by atoms with Crippen molar-refractivity contribution in [2.75, 3.05) is 7.05 Å². The van der Waals surface area contributed by atoms with E-state index in [0.29, 0.717) is 17.6 Å². The largest absolute Gasteiger partial charge is 0.490 e. The Kier molecular flexibility index (Phi) is 3.06. The SMILES string of the molecule is CNC1CC(Oc2ccc(C)cc2)C12CCCC2. The van der Waals surface area contributed by atoms with Crippen LogP contribution in [0.3, 0.4) is 0 Å². The third kappa shape index (κ3) is 1.83. The highest BCUT2D eigenvalue weighted by atomic mass is 16.5. The van der Waals surface area contributed by atoms with E-state index in [0.717, 1.165) is 12.2 Å². The summed E-state index contributed by atoms with van der Waals surface area (Å²) >= 11 is 0. The van der Waals surface area contributed by atoms with Gasteiger partial charge in [0.05, 0.1) is 0 Å². The molecule has 0 aromatic heterocycles. The van der Waals surface area contributed by atoms with Gasteiger partial charge in [0, 0.05) is 17.9 Å². The Labute approximate surface area is 110 Å². The minimum absolute atomic E-state index is 0.416. The van der Waals surface area contributed by atoms with E-state index in [4.69, 9.17) is 4.74 Å². The number of hydrogen-bond acceptors (Lipinski definition) is 2. The standard InChI is InChI=1S/C16H23NO/c1-12-5-7-13(8-6-12)18-15-11-14(17-2)16(15)9-3-4-10-16/h5-8,14-15,17H,3-4,9-11H2,1-2H3. The van der Waals surface area contributed by atoms with Crippen molar-refractivity contribution in [1.82, 2.24) is 5.32 Å². The van der Waals surface area contributed by atoms with Crippen LogP contribution in [0.2, 0.25) is 0 Å². The zero-order chi connectivity index (χ0) is 12.6. The van der Waals surface area contributed by atoms with Crippen molar-refractivity contribution in [2.45, 2.75) is 51.2 Å². The zero-order valence-electron chi connectivity index (χ0n) is 11.4. The van der Waals surface area contributed by atoms with Crippen LogP contribution in [0.1, 0.15) is 37.7 Å². The molecule has 98 valence electrons. The molecule has 0 amide bonds. The summed E-state index contributed by atoms with van der Waals surface area (Å²) in [5, 5.41) is 3.48. The predicted octanol–water partition coefficient (Wildman–Crippen LogP) is 3.29. The van der Waals surface area contributed by atoms with Crippen LogP contribution in [-0.2, 0) is 0 Å². The molecule has 1 aromatic rings. The summed E-state index contributed by atoms with van der Waals surface area (Å²) < 4.78 is 6.24. The average molecular weight is 245 g/mol. The summed E-state index contributed by atoms with van der Waals surface area (Å²) in [6.45, 7) is 2.11. The Balaban J connectivity index is 1.72. The second-order valence-electron chi connectivity index (χ2n) is 5.94. The average Bonchev–Trinajstić information content (AvgIpc) is 2.88. The maximum absolute atomic E-state index is 6.24. The van der Waals surface area contributed by atoms with E-state index in [1.165, 1.54) is 31.2 Å². The Morgan fingerprint density at radius 1 is 1.17 bits per heavy atom. The Hall–Kier alpha value is -1.02. The second-order valence-corrected chi connectivity index (χ2v) is 5.94. The molecule has 3 rings (SSSR count). The van der Waals surface area contributed by atoms with Crippen LogP contribution in [0.4, 0.5) is 0 Å². The van der Waals surface area contributed by atoms with Crippen molar-refractivity contribution in [2.24, 2.45) is 5.41 Å². The maximum atomic E-state index is 6.24. The van der Waals surface area contributed by atoms with Gasteiger partial charge in [0.15, 0.2) is 0 Å². The van der Waals surface area contributed by atoms with E-state index >= 15 is 0 Å². The van der Waals surface area contributed by atoms with E-state index in [-0.39, 0.29) is 0 Å². The van der Waals surface area contributed by atoms with E-state index in [1.807, 2.05) is 0 Å². The molecular weight excluding hydrogens is 222 g/mol. The van der Waals surface area contributed by atoms with Gasteiger partial charge >= 0.3 is 0 Å². The minimum atomic E-state index is 0.416. The van der Waals surface area contributed by atoms with Crippen LogP contribution >= 0.6 is 0 Å². The third-order valence-electron chi connectivity index (χ3n) is 4.97. The fraction of sp³-hybridized carbons (Fsp3) is 0.625. The molecular formula is C16H23NO. The first-order valence-electron chi connectivity index (χ1n) is 7.15. The lowest BCUT2D eigenvalue weighted by Gasteiger charge is -2.53. The summed E-state index contributed by atoms with van der Waals surface area (Å²) in [5.41, 5.74) is 1.71. The van der Waals surface area contributed by atoms with Gasteiger partial charge in [0.2, 0.25) is 0 Å². The van der Waals surface area contributed by atoms with Crippen molar-refractivity contribution in [3.63, 3.8) is 0 Å². The van der Waals surface area contributed by atoms with Gasteiger partial charge in [-0.05, 0) is 38.9 Å². The number of aryl methyl sites for hydroxylation is 1. The van der Waals surface area contributed by atoms with E-state index in [9.17, 15) is 0 Å². The molecule has 2 fully saturated rings. The van der Waals surface area contributed by atoms with Crippen molar-refractivity contribution < 1.29 is 4.74 Å². The van der Waals surface area contributed by atoms with Crippen molar-refractivity contribution in [3.05, 3.63) is 29.8 Å². The molecule has 2 heteroatoms. The molecule has 2 atom stereocenters. The highest BCUT2D eigenvalue weighted by Crippen LogP contribution is 2.54. The van der Waals surface area contributed by atoms with Crippen LogP contribution in [-0.4, -0.2) is 19.2 Å². The number of rotatable bonds is 3. The van der Waals surface area contributed by atoms with Gasteiger partial charge in [0.25, 0.3) is 0 Å². The Morgan fingerprint density at radius 2 is 1.83 bits per heavy atom. The van der Waals surface area contributed by atoms with Crippen LogP contribution in [0.15, 0.2) is 24.3 Å². The molecule has 2 nitrogen and oxygen atoms in total. The molecule has 0 aliphatic heterocycles. The Morgan fingerprint density at radius 3 is 2.44 bits per heavy atom. The molecule has 2 aliphatic carbocycles. The van der Waals surface area contributed by atoms with Crippen LogP contribution in [0, 0.1) is 12.3 Å². The van der Waals surface area contributed by atoms with Gasteiger partial charge < -0.3 is 10.1 Å². The fourth-order valence-corrected chi connectivity index (χ4v) is 3.80. The highest BCUT2D eigenvalue weighted by molar-refractivity contribution is 5.27. The number of hydrogen-bond donors (Lipinski definition) is 1. The maximum Gasteiger partial charge on any atom is 0.119 e. The van der Waals surface area contributed by atoms with Gasteiger partial charge in [-0.3, -0.25) is 0 Å². The number of nitrogens with one attached hydrogen (secondary N) is 1. The van der Waals surface area contributed by atoms with E-state index < -0.39 is 0 Å². The minimum Gasteiger partial charge on any atom is -0.490 e. The normalized spacial score (nSPS) is 29.2. The molecule has 2 aliphatic rings. The highest BCUT2D eigenvalue weighted by Gasteiger charge is 2.56. The van der Waals surface area contributed by atoms with E-state index in [1.54, 1.807) is 0 Å². The molecule has 0 bridgehead atoms. The lowest BCUT2D eigenvalue weighted by atomic mass is 9.60. The molecule has 1 N–H and O–H groups in total. The zero-order valence-corrected chi connectivity index (χ0v) is 11.4. The van der Waals surface area contributed by atoms with Gasteiger partial charge in [-0.2, -0.15) is 0 Å². The van der Waals surface area contributed by atoms with Gasteiger partial charge in [0.1, 0.15) is 11.9 Å². The number of benzene rings is 1. The summed E-state index contributed by atoms with van der Waals surface area (Å²) in [4.78, 5) is 0. The van der Waals surface area contributed by atoms with Crippen molar-refractivity contribution in [3.8, 4) is 5.75 Å². The lowest BCUT2D eigenvalue weighted by Crippen LogP contribution is -2.63. The summed E-state index contributed by atoms with van der Waals surface area (Å²) in [5.74, 6) is 1.03. The van der Waals surface area contributed by atoms with Crippen LogP contribution < -0.4 is 10.1 Å². The molecule has 0 saturated heterocycles. The van der Waals surface area contributed by atoms with Crippen LogP contribution in [0.25, 0.3) is 0 Å². The second kappa shape index (κ2) is 4.58.